The van der Waals surface area contributed by atoms with Gasteiger partial charge in [-0.05, 0) is 29.9 Å². The highest BCUT2D eigenvalue weighted by atomic mass is 32.1. The van der Waals surface area contributed by atoms with Gasteiger partial charge in [0.25, 0.3) is 0 Å². The molecule has 2 aromatic heterocycles. The third kappa shape index (κ3) is 3.09. The number of nitrogens with one attached hydrogen (secondary N) is 1. The van der Waals surface area contributed by atoms with Crippen molar-refractivity contribution >= 4 is 11.3 Å². The van der Waals surface area contributed by atoms with Crippen molar-refractivity contribution in [2.24, 2.45) is 0 Å². The molecule has 0 unspecified atom stereocenters. The highest BCUT2D eigenvalue weighted by Gasteiger charge is 2.28. The van der Waals surface area contributed by atoms with E-state index in [2.05, 4.69) is 58.7 Å². The van der Waals surface area contributed by atoms with E-state index in [1.807, 2.05) is 18.5 Å². The number of rotatable bonds is 4. The first-order chi connectivity index (χ1) is 13.3. The molecule has 5 rings (SSSR count). The maximum absolute atomic E-state index is 9.55. The molecule has 1 fully saturated rings. The fourth-order valence-electron chi connectivity index (χ4n) is 3.57. The van der Waals surface area contributed by atoms with Crippen molar-refractivity contribution < 1.29 is 5.11 Å². The number of aromatic amines is 1. The molecule has 0 radical (unpaired) electrons. The van der Waals surface area contributed by atoms with Crippen LogP contribution in [0.1, 0.15) is 24.3 Å². The molecule has 134 valence electrons. The Morgan fingerprint density at radius 2 is 1.70 bits per heavy atom. The van der Waals surface area contributed by atoms with Gasteiger partial charge >= 0.3 is 0 Å². The Morgan fingerprint density at radius 1 is 0.926 bits per heavy atom. The van der Waals surface area contributed by atoms with E-state index in [1.165, 1.54) is 16.0 Å². The number of thiazole rings is 1. The zero-order valence-electron chi connectivity index (χ0n) is 14.7. The first-order valence-corrected chi connectivity index (χ1v) is 9.93. The summed E-state index contributed by atoms with van der Waals surface area (Å²) >= 11 is 1.69. The summed E-state index contributed by atoms with van der Waals surface area (Å²) < 4.78 is 0. The molecule has 0 bridgehead atoms. The van der Waals surface area contributed by atoms with Gasteiger partial charge in [-0.25, -0.2) is 4.98 Å². The molecule has 2 aromatic carbocycles. The topological polar surface area (TPSA) is 61.8 Å². The summed E-state index contributed by atoms with van der Waals surface area (Å²) in [6.45, 7) is 0. The highest BCUT2D eigenvalue weighted by Crippen LogP contribution is 2.41. The molecule has 4 nitrogen and oxygen atoms in total. The van der Waals surface area contributed by atoms with Crippen molar-refractivity contribution in [1.29, 1.82) is 0 Å². The third-order valence-electron chi connectivity index (χ3n) is 5.18. The predicted molar refractivity (Wildman–Crippen MR) is 109 cm³/mol. The minimum Gasteiger partial charge on any atom is -0.393 e. The molecule has 4 aromatic rings. The highest BCUT2D eigenvalue weighted by molar-refractivity contribution is 7.19. The van der Waals surface area contributed by atoms with Gasteiger partial charge in [0.2, 0.25) is 0 Å². The Morgan fingerprint density at radius 3 is 2.37 bits per heavy atom. The zero-order valence-corrected chi connectivity index (χ0v) is 15.5. The summed E-state index contributed by atoms with van der Waals surface area (Å²) in [4.78, 5) is 6.10. The Hall–Kier alpha value is -2.76. The van der Waals surface area contributed by atoms with E-state index in [0.29, 0.717) is 5.92 Å². The molecule has 0 saturated heterocycles. The standard InChI is InChI=1S/C22H19N3OS/c26-19-10-17(11-19)14-6-8-15(9-7-14)20-21(16-4-2-1-3-5-16)27-22(25-20)18-12-23-24-13-18/h1-9,12-13,17,19,26H,10-11H2,(H,23,24). The number of hydrogen-bond donors (Lipinski definition) is 2. The molecule has 1 aliphatic carbocycles. The van der Waals surface area contributed by atoms with Crippen LogP contribution in [-0.2, 0) is 0 Å². The van der Waals surface area contributed by atoms with Crippen LogP contribution in [0.4, 0.5) is 0 Å². The van der Waals surface area contributed by atoms with Gasteiger partial charge in [-0.3, -0.25) is 5.10 Å². The number of aromatic nitrogens is 3. The van der Waals surface area contributed by atoms with Crippen molar-refractivity contribution in [3.8, 4) is 32.3 Å². The van der Waals surface area contributed by atoms with Crippen LogP contribution >= 0.6 is 11.3 Å². The number of H-pyrrole nitrogens is 1. The number of aliphatic hydroxyl groups is 1. The average molecular weight is 373 g/mol. The van der Waals surface area contributed by atoms with Gasteiger partial charge in [0.1, 0.15) is 5.01 Å². The summed E-state index contributed by atoms with van der Waals surface area (Å²) in [5, 5.41) is 17.4. The van der Waals surface area contributed by atoms with Crippen molar-refractivity contribution in [3.05, 3.63) is 72.6 Å². The van der Waals surface area contributed by atoms with Gasteiger partial charge < -0.3 is 5.11 Å². The second kappa shape index (κ2) is 6.76. The number of benzene rings is 2. The third-order valence-corrected chi connectivity index (χ3v) is 6.33. The summed E-state index contributed by atoms with van der Waals surface area (Å²) in [6, 6.07) is 19.1. The van der Waals surface area contributed by atoms with E-state index < -0.39 is 0 Å². The van der Waals surface area contributed by atoms with Crippen LogP contribution in [0.2, 0.25) is 0 Å². The van der Waals surface area contributed by atoms with E-state index in [4.69, 9.17) is 4.98 Å². The fourth-order valence-corrected chi connectivity index (χ4v) is 4.64. The van der Waals surface area contributed by atoms with E-state index >= 15 is 0 Å². The van der Waals surface area contributed by atoms with Gasteiger partial charge in [-0.1, -0.05) is 54.6 Å². The minimum absolute atomic E-state index is 0.129. The number of nitrogens with zero attached hydrogens (tertiary/aromatic N) is 2. The van der Waals surface area contributed by atoms with Gasteiger partial charge in [0, 0.05) is 17.3 Å². The fraction of sp³-hybridized carbons (Fsp3) is 0.182. The Labute approximate surface area is 161 Å². The van der Waals surface area contributed by atoms with Gasteiger partial charge in [0.05, 0.1) is 22.9 Å². The second-order valence-corrected chi connectivity index (χ2v) is 7.99. The summed E-state index contributed by atoms with van der Waals surface area (Å²) in [6.07, 6.45) is 5.30. The quantitative estimate of drug-likeness (QED) is 0.523. The van der Waals surface area contributed by atoms with E-state index in [-0.39, 0.29) is 6.10 Å². The monoisotopic (exact) mass is 373 g/mol. The molecule has 27 heavy (non-hydrogen) atoms. The lowest BCUT2D eigenvalue weighted by Crippen LogP contribution is -2.26. The van der Waals surface area contributed by atoms with Crippen LogP contribution in [0.25, 0.3) is 32.3 Å². The number of aliphatic hydroxyl groups excluding tert-OH is 1. The molecule has 2 N–H and O–H groups in total. The van der Waals surface area contributed by atoms with Crippen molar-refractivity contribution in [3.63, 3.8) is 0 Å². The normalized spacial score (nSPS) is 19.0. The maximum Gasteiger partial charge on any atom is 0.127 e. The summed E-state index contributed by atoms with van der Waals surface area (Å²) in [5.41, 5.74) is 5.59. The maximum atomic E-state index is 9.55. The van der Waals surface area contributed by atoms with Gasteiger partial charge in [-0.15, -0.1) is 11.3 Å². The lowest BCUT2D eigenvalue weighted by Gasteiger charge is -2.31. The molecule has 0 amide bonds. The number of hydrogen-bond acceptors (Lipinski definition) is 4. The molecule has 0 aliphatic heterocycles. The van der Waals surface area contributed by atoms with Gasteiger partial charge in [0.15, 0.2) is 0 Å². The SMILES string of the molecule is OC1CC(c2ccc(-c3nc(-c4cn[nH]c4)sc3-c3ccccc3)cc2)C1. The van der Waals surface area contributed by atoms with E-state index in [1.54, 1.807) is 11.3 Å². The molecular weight excluding hydrogens is 354 g/mol. The smallest absolute Gasteiger partial charge is 0.127 e. The van der Waals surface area contributed by atoms with Crippen LogP contribution in [-0.4, -0.2) is 26.4 Å². The Kier molecular flexibility index (Phi) is 4.11. The molecule has 5 heteroatoms. The summed E-state index contributed by atoms with van der Waals surface area (Å²) in [7, 11) is 0. The van der Waals surface area contributed by atoms with Gasteiger partial charge in [-0.2, -0.15) is 5.10 Å². The summed E-state index contributed by atoms with van der Waals surface area (Å²) in [5.74, 6) is 0.486. The van der Waals surface area contributed by atoms with Crippen LogP contribution in [0.15, 0.2) is 67.0 Å². The largest absolute Gasteiger partial charge is 0.393 e. The van der Waals surface area contributed by atoms with Crippen LogP contribution < -0.4 is 0 Å². The first kappa shape index (κ1) is 16.4. The first-order valence-electron chi connectivity index (χ1n) is 9.12. The zero-order chi connectivity index (χ0) is 18.2. The lowest BCUT2D eigenvalue weighted by molar-refractivity contribution is 0.0746. The van der Waals surface area contributed by atoms with Crippen molar-refractivity contribution in [2.45, 2.75) is 24.9 Å². The lowest BCUT2D eigenvalue weighted by atomic mass is 9.77. The van der Waals surface area contributed by atoms with Crippen LogP contribution in [0.3, 0.4) is 0 Å². The molecular formula is C22H19N3OS. The minimum atomic E-state index is -0.129. The Bertz CT molecular complexity index is 1030. The second-order valence-electron chi connectivity index (χ2n) is 6.99. The molecule has 0 spiro atoms. The average Bonchev–Trinajstić information content (AvgIpc) is 3.36. The Balaban J connectivity index is 1.56. The van der Waals surface area contributed by atoms with E-state index in [9.17, 15) is 5.11 Å². The van der Waals surface area contributed by atoms with Crippen LogP contribution in [0, 0.1) is 0 Å². The van der Waals surface area contributed by atoms with Crippen molar-refractivity contribution in [1.82, 2.24) is 15.2 Å². The molecule has 0 atom stereocenters. The van der Waals surface area contributed by atoms with E-state index in [0.717, 1.165) is 34.7 Å². The van der Waals surface area contributed by atoms with Crippen molar-refractivity contribution in [2.75, 3.05) is 0 Å². The molecule has 2 heterocycles. The predicted octanol–water partition coefficient (Wildman–Crippen LogP) is 5.11. The van der Waals surface area contributed by atoms with Crippen LogP contribution in [0.5, 0.6) is 0 Å². The molecule has 1 aliphatic rings. The molecule has 1 saturated carbocycles.